The van der Waals surface area contributed by atoms with Crippen molar-refractivity contribution >= 4 is 58.7 Å². The number of para-hydroxylation sites is 1. The maximum Gasteiger partial charge on any atom is 0.329 e. The SMILES string of the molecule is CC[C@H](C)[C@@H]([C@@H](CC(=O)N1CCC[C@H]1[C@H](OC)[C@@H](C)C(=O)N[C@@H](Cc1ccccc1)C(=O)OC(C)(C)C)OC)N(C)C(=O)[C@@H](NC(=O)[C@H](C(C)C)N(C)C(=O)CCCCC(=O)N1Cc2ccccc2/C(C)=C\c2ccccc21)C(C)C. The van der Waals surface area contributed by atoms with Crippen molar-refractivity contribution in [3.8, 4) is 0 Å². The van der Waals surface area contributed by atoms with Crippen LogP contribution in [0, 0.1) is 23.7 Å². The van der Waals surface area contributed by atoms with Gasteiger partial charge >= 0.3 is 5.97 Å². The molecule has 0 unspecified atom stereocenters. The molecule has 0 aliphatic carbocycles. The van der Waals surface area contributed by atoms with Crippen molar-refractivity contribution in [1.29, 1.82) is 0 Å². The minimum absolute atomic E-state index is 0.0320. The fourth-order valence-corrected chi connectivity index (χ4v) is 11.6. The van der Waals surface area contributed by atoms with E-state index in [0.29, 0.717) is 45.2 Å². The van der Waals surface area contributed by atoms with Crippen LogP contribution in [0.2, 0.25) is 0 Å². The summed E-state index contributed by atoms with van der Waals surface area (Å²) in [4.78, 5) is 106. The highest BCUT2D eigenvalue weighted by molar-refractivity contribution is 5.98. The number of unbranched alkanes of at least 4 members (excludes halogenated alkanes) is 1. The number of anilines is 1. The first kappa shape index (κ1) is 65.4. The predicted molar refractivity (Wildman–Crippen MR) is 318 cm³/mol. The molecule has 1 fully saturated rings. The molecule has 6 amide bonds. The molecule has 3 aromatic carbocycles. The zero-order chi connectivity index (χ0) is 59.9. The third-order valence-corrected chi connectivity index (χ3v) is 16.2. The van der Waals surface area contributed by atoms with Crippen LogP contribution in [-0.4, -0.2) is 139 Å². The van der Waals surface area contributed by atoms with E-state index in [1.807, 2.05) is 113 Å². The smallest absolute Gasteiger partial charge is 0.329 e. The van der Waals surface area contributed by atoms with Gasteiger partial charge in [-0.25, -0.2) is 4.79 Å². The van der Waals surface area contributed by atoms with Crippen molar-refractivity contribution in [3.63, 3.8) is 0 Å². The van der Waals surface area contributed by atoms with Crippen molar-refractivity contribution in [3.05, 3.63) is 101 Å². The summed E-state index contributed by atoms with van der Waals surface area (Å²) in [6.45, 7) is 21.5. The van der Waals surface area contributed by atoms with Crippen molar-refractivity contribution in [2.45, 2.75) is 189 Å². The standard InChI is InChI=1S/C65H94N6O10/c1-16-43(6)59(53(79-14)39-56(74)70-36-26-33-52(70)60(80-15)45(8)61(75)66-50(64(78)81-65(9,10)11)38-46-27-18-17-19-28-46)69(13)63(77)57(41(2)3)67-62(76)58(42(4)5)68(12)54(72)34-24-25-35-55(73)71-40-48-30-20-22-31-49(48)44(7)37-47-29-21-23-32-51(47)71/h17-23,27-32,37,41-43,45,50,52-53,57-60H,16,24-26,33-36,38-40H2,1-15H3,(H,66,75)(H,67,76)/b44-37-/t43-,45+,50-,52-,53+,57-,58-,59-,60+/m0/s1. The van der Waals surface area contributed by atoms with E-state index in [9.17, 15) is 33.6 Å². The molecule has 444 valence electrons. The van der Waals surface area contributed by atoms with Crippen LogP contribution >= 0.6 is 0 Å². The highest BCUT2D eigenvalue weighted by atomic mass is 16.6. The largest absolute Gasteiger partial charge is 0.458 e. The monoisotopic (exact) mass is 1120 g/mol. The first-order chi connectivity index (χ1) is 38.3. The second-order valence-electron chi connectivity index (χ2n) is 24.0. The van der Waals surface area contributed by atoms with E-state index in [4.69, 9.17) is 14.2 Å². The molecule has 0 bridgehead atoms. The Kier molecular flexibility index (Phi) is 24.3. The molecule has 0 radical (unpaired) electrons. The molecule has 2 N–H and O–H groups in total. The van der Waals surface area contributed by atoms with E-state index < -0.39 is 71.7 Å². The lowest BCUT2D eigenvalue weighted by molar-refractivity contribution is -0.159. The van der Waals surface area contributed by atoms with Crippen LogP contribution in [0.3, 0.4) is 0 Å². The van der Waals surface area contributed by atoms with E-state index in [1.165, 1.54) is 19.1 Å². The van der Waals surface area contributed by atoms with E-state index >= 15 is 0 Å². The number of likely N-dealkylation sites (N-methyl/N-ethyl adjacent to an activating group) is 2. The Balaban J connectivity index is 1.23. The molecule has 0 spiro atoms. The van der Waals surface area contributed by atoms with Crippen LogP contribution in [0.25, 0.3) is 11.6 Å². The van der Waals surface area contributed by atoms with E-state index in [2.05, 4.69) is 35.8 Å². The van der Waals surface area contributed by atoms with Gasteiger partial charge in [-0.1, -0.05) is 128 Å². The number of hydrogen-bond donors (Lipinski definition) is 2. The number of rotatable bonds is 26. The van der Waals surface area contributed by atoms with Crippen molar-refractivity contribution in [2.75, 3.05) is 39.8 Å². The number of hydrogen-bond acceptors (Lipinski definition) is 10. The van der Waals surface area contributed by atoms with E-state index in [-0.39, 0.29) is 67.1 Å². The molecular weight excluding hydrogens is 1020 g/mol. The number of likely N-dealkylation sites (tertiary alicyclic amines) is 1. The highest BCUT2D eigenvalue weighted by Crippen LogP contribution is 2.34. The molecule has 9 atom stereocenters. The number of benzene rings is 3. The lowest BCUT2D eigenvalue weighted by atomic mass is 9.89. The second-order valence-corrected chi connectivity index (χ2v) is 24.0. The van der Waals surface area contributed by atoms with Crippen LogP contribution in [0.5, 0.6) is 0 Å². The minimum atomic E-state index is -0.974. The Morgan fingerprint density at radius 3 is 2.02 bits per heavy atom. The van der Waals surface area contributed by atoms with Crippen molar-refractivity contribution in [2.24, 2.45) is 23.7 Å². The fourth-order valence-electron chi connectivity index (χ4n) is 11.6. The Bertz CT molecular complexity index is 2650. The molecule has 0 saturated carbocycles. The zero-order valence-electron chi connectivity index (χ0n) is 51.1. The van der Waals surface area contributed by atoms with Gasteiger partial charge in [0.2, 0.25) is 35.4 Å². The van der Waals surface area contributed by atoms with Gasteiger partial charge in [-0.15, -0.1) is 0 Å². The molecular formula is C65H94N6O10. The van der Waals surface area contributed by atoms with Gasteiger partial charge in [0.25, 0.3) is 0 Å². The first-order valence-electron chi connectivity index (χ1n) is 29.2. The summed E-state index contributed by atoms with van der Waals surface area (Å²) < 4.78 is 17.9. The number of amides is 6. The van der Waals surface area contributed by atoms with Crippen LogP contribution in [0.15, 0.2) is 78.9 Å². The van der Waals surface area contributed by atoms with Crippen LogP contribution in [0.1, 0.15) is 150 Å². The number of ether oxygens (including phenoxy) is 3. The van der Waals surface area contributed by atoms with Crippen molar-refractivity contribution < 1.29 is 47.8 Å². The summed E-state index contributed by atoms with van der Waals surface area (Å²) in [6.07, 6.45) is 4.05. The molecule has 2 aliphatic heterocycles. The number of carbonyl (C=O) groups excluding carboxylic acids is 7. The number of fused-ring (bicyclic) bond motifs is 2. The molecule has 16 heteroatoms. The number of nitrogens with zero attached hydrogens (tertiary/aromatic N) is 4. The van der Waals surface area contributed by atoms with Gasteiger partial charge in [-0.3, -0.25) is 28.8 Å². The molecule has 5 rings (SSSR count). The van der Waals surface area contributed by atoms with Gasteiger partial charge in [0.15, 0.2) is 0 Å². The Hall–Kier alpha value is -6.39. The average molecular weight is 1120 g/mol. The number of carbonyl (C=O) groups is 7. The maximum atomic E-state index is 14.8. The van der Waals surface area contributed by atoms with Gasteiger partial charge in [0.05, 0.1) is 48.9 Å². The van der Waals surface area contributed by atoms with Gasteiger partial charge in [0, 0.05) is 54.1 Å². The summed E-state index contributed by atoms with van der Waals surface area (Å²) in [5.74, 6) is -3.80. The van der Waals surface area contributed by atoms with Crippen LogP contribution < -0.4 is 15.5 Å². The Labute approximate surface area is 483 Å². The van der Waals surface area contributed by atoms with Gasteiger partial charge < -0.3 is 44.4 Å². The minimum Gasteiger partial charge on any atom is -0.458 e. The lowest BCUT2D eigenvalue weighted by Gasteiger charge is -2.41. The molecule has 2 heterocycles. The molecule has 1 saturated heterocycles. The molecule has 0 aromatic heterocycles. The van der Waals surface area contributed by atoms with E-state index in [0.717, 1.165) is 33.5 Å². The van der Waals surface area contributed by atoms with Crippen LogP contribution in [-0.2, 0) is 60.7 Å². The zero-order valence-corrected chi connectivity index (χ0v) is 51.1. The number of allylic oxidation sites excluding steroid dienone is 1. The molecule has 2 aliphatic rings. The van der Waals surface area contributed by atoms with Crippen molar-refractivity contribution in [1.82, 2.24) is 25.3 Å². The highest BCUT2D eigenvalue weighted by Gasteiger charge is 2.44. The van der Waals surface area contributed by atoms with Gasteiger partial charge in [-0.05, 0) is 111 Å². The van der Waals surface area contributed by atoms with E-state index in [1.54, 1.807) is 51.6 Å². The number of nitrogens with one attached hydrogen (secondary N) is 2. The molecule has 3 aromatic rings. The topological polar surface area (TPSA) is 184 Å². The third-order valence-electron chi connectivity index (χ3n) is 16.2. The van der Waals surface area contributed by atoms with Gasteiger partial charge in [-0.2, -0.15) is 0 Å². The number of methoxy groups -OCH3 is 2. The number of esters is 1. The maximum absolute atomic E-state index is 14.8. The normalized spacial score (nSPS) is 18.0. The average Bonchev–Trinajstić information content (AvgIpc) is 4.09. The molecule has 81 heavy (non-hydrogen) atoms. The predicted octanol–water partition coefficient (Wildman–Crippen LogP) is 9.27. The quantitative estimate of drug-likeness (QED) is 0.0580. The molecule has 16 nitrogen and oxygen atoms in total. The second kappa shape index (κ2) is 30.1. The van der Waals surface area contributed by atoms with Crippen LogP contribution in [0.4, 0.5) is 5.69 Å². The summed E-state index contributed by atoms with van der Waals surface area (Å²) in [5.41, 5.74) is 5.19. The summed E-state index contributed by atoms with van der Waals surface area (Å²) in [5, 5.41) is 5.97. The van der Waals surface area contributed by atoms with Gasteiger partial charge in [0.1, 0.15) is 23.7 Å². The third kappa shape index (κ3) is 17.3. The fraction of sp³-hybridized carbons (Fsp3) is 0.585. The Morgan fingerprint density at radius 1 is 0.753 bits per heavy atom. The Morgan fingerprint density at radius 2 is 1.40 bits per heavy atom. The lowest BCUT2D eigenvalue weighted by Crippen LogP contribution is -2.60. The summed E-state index contributed by atoms with van der Waals surface area (Å²) in [7, 11) is 6.35. The summed E-state index contributed by atoms with van der Waals surface area (Å²) >= 11 is 0. The summed E-state index contributed by atoms with van der Waals surface area (Å²) in [6, 6.07) is 21.6. The first-order valence-corrected chi connectivity index (χ1v) is 29.2.